The van der Waals surface area contributed by atoms with Gasteiger partial charge in [0.2, 0.25) is 6.79 Å². The molecule has 1 aromatic carbocycles. The monoisotopic (exact) mass is 382 g/mol. The number of hydrogen-bond acceptors (Lipinski definition) is 6. The average Bonchev–Trinajstić information content (AvgIpc) is 3.39. The average molecular weight is 382 g/mol. The standard InChI is InChI=1S/C19H18N4O3S/c1-23-9-12-13(3-2-4-14(12)22-23)21-18(24)17-8-20-19(27-17)11-5-6-15-16(7-11)26-10-25-15/h5-9,13H,2-4,10H2,1H3,(H,21,24). The fourth-order valence-corrected chi connectivity index (χ4v) is 4.40. The molecular weight excluding hydrogens is 364 g/mol. The molecule has 2 aliphatic rings. The summed E-state index contributed by atoms with van der Waals surface area (Å²) < 4.78 is 12.6. The van der Waals surface area contributed by atoms with Crippen molar-refractivity contribution in [1.82, 2.24) is 20.1 Å². The number of ether oxygens (including phenoxy) is 2. The third kappa shape index (κ3) is 2.95. The van der Waals surface area contributed by atoms with Crippen molar-refractivity contribution in [2.24, 2.45) is 7.05 Å². The number of nitrogens with one attached hydrogen (secondary N) is 1. The summed E-state index contributed by atoms with van der Waals surface area (Å²) in [7, 11) is 1.91. The third-order valence-electron chi connectivity index (χ3n) is 4.87. The fraction of sp³-hybridized carbons (Fsp3) is 0.316. The number of hydrogen-bond donors (Lipinski definition) is 1. The van der Waals surface area contributed by atoms with Gasteiger partial charge in [-0.15, -0.1) is 11.3 Å². The smallest absolute Gasteiger partial charge is 0.263 e. The van der Waals surface area contributed by atoms with Gasteiger partial charge in [0.15, 0.2) is 11.5 Å². The van der Waals surface area contributed by atoms with Crippen LogP contribution in [0.5, 0.6) is 11.5 Å². The molecule has 5 rings (SSSR count). The van der Waals surface area contributed by atoms with Gasteiger partial charge in [-0.25, -0.2) is 4.98 Å². The van der Waals surface area contributed by atoms with Gasteiger partial charge in [0, 0.05) is 24.4 Å². The Bertz CT molecular complexity index is 1030. The van der Waals surface area contributed by atoms with Crippen LogP contribution in [0, 0.1) is 0 Å². The number of thiazole rings is 1. The highest BCUT2D eigenvalue weighted by Gasteiger charge is 2.25. The van der Waals surface area contributed by atoms with E-state index >= 15 is 0 Å². The Labute approximate surface area is 159 Å². The van der Waals surface area contributed by atoms with E-state index in [1.807, 2.05) is 36.1 Å². The van der Waals surface area contributed by atoms with Crippen LogP contribution in [0.3, 0.4) is 0 Å². The van der Waals surface area contributed by atoms with Crippen molar-refractivity contribution in [1.29, 1.82) is 0 Å². The molecule has 138 valence electrons. The lowest BCUT2D eigenvalue weighted by molar-refractivity contribution is 0.0936. The normalized spacial score (nSPS) is 17.6. The van der Waals surface area contributed by atoms with Crippen LogP contribution in [0.2, 0.25) is 0 Å². The highest BCUT2D eigenvalue weighted by Crippen LogP contribution is 2.37. The molecule has 27 heavy (non-hydrogen) atoms. The highest BCUT2D eigenvalue weighted by atomic mass is 32.1. The van der Waals surface area contributed by atoms with Gasteiger partial charge in [0.25, 0.3) is 5.91 Å². The summed E-state index contributed by atoms with van der Waals surface area (Å²) >= 11 is 1.37. The van der Waals surface area contributed by atoms with Crippen molar-refractivity contribution in [3.8, 4) is 22.1 Å². The quantitative estimate of drug-likeness (QED) is 0.753. The maximum absolute atomic E-state index is 12.7. The molecule has 0 saturated heterocycles. The molecule has 1 N–H and O–H groups in total. The Morgan fingerprint density at radius 3 is 3.15 bits per heavy atom. The molecule has 2 aromatic heterocycles. The van der Waals surface area contributed by atoms with E-state index in [9.17, 15) is 4.79 Å². The fourth-order valence-electron chi connectivity index (χ4n) is 3.59. The minimum atomic E-state index is -0.0961. The highest BCUT2D eigenvalue weighted by molar-refractivity contribution is 7.16. The molecule has 0 radical (unpaired) electrons. The van der Waals surface area contributed by atoms with Crippen molar-refractivity contribution < 1.29 is 14.3 Å². The maximum Gasteiger partial charge on any atom is 0.263 e. The third-order valence-corrected chi connectivity index (χ3v) is 5.92. The minimum Gasteiger partial charge on any atom is -0.454 e. The number of carbonyl (C=O) groups excluding carboxylic acids is 1. The Morgan fingerprint density at radius 1 is 1.33 bits per heavy atom. The van der Waals surface area contributed by atoms with E-state index in [0.29, 0.717) is 10.6 Å². The molecule has 0 saturated carbocycles. The molecule has 1 aliphatic carbocycles. The molecular formula is C19H18N4O3S. The number of carbonyl (C=O) groups is 1. The summed E-state index contributed by atoms with van der Waals surface area (Å²) in [5.41, 5.74) is 3.12. The lowest BCUT2D eigenvalue weighted by Gasteiger charge is -2.22. The molecule has 1 aliphatic heterocycles. The van der Waals surface area contributed by atoms with Crippen LogP contribution < -0.4 is 14.8 Å². The SMILES string of the molecule is Cn1cc2c(n1)CCCC2NC(=O)c1cnc(-c2ccc3c(c2)OCO3)s1. The lowest BCUT2D eigenvalue weighted by Crippen LogP contribution is -2.30. The zero-order valence-electron chi connectivity index (χ0n) is 14.8. The Kier molecular flexibility index (Phi) is 3.86. The first-order valence-electron chi connectivity index (χ1n) is 8.86. The first kappa shape index (κ1) is 16.3. The number of rotatable bonds is 3. The summed E-state index contributed by atoms with van der Waals surface area (Å²) in [6.45, 7) is 0.238. The maximum atomic E-state index is 12.7. The second-order valence-electron chi connectivity index (χ2n) is 6.72. The molecule has 0 fully saturated rings. The second kappa shape index (κ2) is 6.38. The summed E-state index contributed by atoms with van der Waals surface area (Å²) in [6.07, 6.45) is 6.56. The molecule has 3 aromatic rings. The van der Waals surface area contributed by atoms with Crippen molar-refractivity contribution in [3.63, 3.8) is 0 Å². The van der Waals surface area contributed by atoms with E-state index in [1.165, 1.54) is 11.3 Å². The van der Waals surface area contributed by atoms with Gasteiger partial charge in [0.1, 0.15) is 9.88 Å². The van der Waals surface area contributed by atoms with Crippen molar-refractivity contribution in [2.45, 2.75) is 25.3 Å². The molecule has 3 heterocycles. The van der Waals surface area contributed by atoms with Gasteiger partial charge >= 0.3 is 0 Å². The molecule has 1 unspecified atom stereocenters. The number of aryl methyl sites for hydroxylation is 2. The van der Waals surface area contributed by atoms with Gasteiger partial charge in [-0.1, -0.05) is 0 Å². The summed E-state index contributed by atoms with van der Waals surface area (Å²) in [5, 5.41) is 8.41. The number of fused-ring (bicyclic) bond motifs is 2. The van der Waals surface area contributed by atoms with Crippen LogP contribution in [0.4, 0.5) is 0 Å². The molecule has 0 bridgehead atoms. The summed E-state index contributed by atoms with van der Waals surface area (Å²) in [5.74, 6) is 1.35. The predicted molar refractivity (Wildman–Crippen MR) is 100 cm³/mol. The zero-order chi connectivity index (χ0) is 18.4. The zero-order valence-corrected chi connectivity index (χ0v) is 15.6. The van der Waals surface area contributed by atoms with Crippen LogP contribution >= 0.6 is 11.3 Å². The Hall–Kier alpha value is -2.87. The number of amides is 1. The van der Waals surface area contributed by atoms with Gasteiger partial charge in [-0.3, -0.25) is 9.48 Å². The van der Waals surface area contributed by atoms with Crippen LogP contribution in [0.25, 0.3) is 10.6 Å². The first-order valence-corrected chi connectivity index (χ1v) is 9.68. The molecule has 0 spiro atoms. The van der Waals surface area contributed by atoms with Crippen molar-refractivity contribution >= 4 is 17.2 Å². The minimum absolute atomic E-state index is 0.00560. The first-order chi connectivity index (χ1) is 13.2. The number of nitrogens with zero attached hydrogens (tertiary/aromatic N) is 3. The van der Waals surface area contributed by atoms with E-state index in [1.54, 1.807) is 6.20 Å². The van der Waals surface area contributed by atoms with Crippen LogP contribution in [0.15, 0.2) is 30.6 Å². The number of aromatic nitrogens is 3. The number of benzene rings is 1. The molecule has 7 nitrogen and oxygen atoms in total. The van der Waals surface area contributed by atoms with Crippen molar-refractivity contribution in [3.05, 3.63) is 46.7 Å². The lowest BCUT2D eigenvalue weighted by atomic mass is 9.93. The van der Waals surface area contributed by atoms with E-state index in [0.717, 1.165) is 46.8 Å². The molecule has 8 heteroatoms. The Balaban J connectivity index is 1.35. The summed E-state index contributed by atoms with van der Waals surface area (Å²) in [4.78, 5) is 17.8. The van der Waals surface area contributed by atoms with Crippen LogP contribution in [0.1, 0.15) is 39.8 Å². The topological polar surface area (TPSA) is 78.3 Å². The van der Waals surface area contributed by atoms with Crippen molar-refractivity contribution in [2.75, 3.05) is 6.79 Å². The second-order valence-corrected chi connectivity index (χ2v) is 7.75. The van der Waals surface area contributed by atoms with Gasteiger partial charge < -0.3 is 14.8 Å². The largest absolute Gasteiger partial charge is 0.454 e. The molecule has 1 atom stereocenters. The van der Waals surface area contributed by atoms with E-state index in [4.69, 9.17) is 9.47 Å². The predicted octanol–water partition coefficient (Wildman–Crippen LogP) is 3.08. The molecule has 1 amide bonds. The van der Waals surface area contributed by atoms with E-state index in [-0.39, 0.29) is 18.7 Å². The van der Waals surface area contributed by atoms with Gasteiger partial charge in [-0.2, -0.15) is 5.10 Å². The van der Waals surface area contributed by atoms with Crippen LogP contribution in [-0.4, -0.2) is 27.5 Å². The Morgan fingerprint density at radius 2 is 2.22 bits per heavy atom. The van der Waals surface area contributed by atoms with Crippen LogP contribution in [-0.2, 0) is 13.5 Å². The summed E-state index contributed by atoms with van der Waals surface area (Å²) in [6, 6.07) is 5.69. The van der Waals surface area contributed by atoms with Gasteiger partial charge in [0.05, 0.1) is 17.9 Å². The van der Waals surface area contributed by atoms with E-state index in [2.05, 4.69) is 15.4 Å². The van der Waals surface area contributed by atoms with E-state index < -0.39 is 0 Å². The van der Waals surface area contributed by atoms with Gasteiger partial charge in [-0.05, 0) is 37.5 Å².